The van der Waals surface area contributed by atoms with Crippen molar-refractivity contribution in [3.63, 3.8) is 0 Å². The van der Waals surface area contributed by atoms with Gasteiger partial charge in [-0.3, -0.25) is 0 Å². The number of aromatic nitrogens is 2. The molecular formula is C15H18IN3O. The fraction of sp³-hybridized carbons (Fsp3) is 0.333. The van der Waals surface area contributed by atoms with E-state index in [9.17, 15) is 0 Å². The Balaban J connectivity index is 2.39. The van der Waals surface area contributed by atoms with Gasteiger partial charge in [-0.2, -0.15) is 4.98 Å². The average Bonchev–Trinajstić information content (AvgIpc) is 2.45. The molecule has 2 aromatic rings. The number of hydrogen-bond acceptors (Lipinski definition) is 4. The molecule has 0 radical (unpaired) electrons. The van der Waals surface area contributed by atoms with Crippen molar-refractivity contribution >= 4 is 28.4 Å². The van der Waals surface area contributed by atoms with Gasteiger partial charge in [0.25, 0.3) is 0 Å². The van der Waals surface area contributed by atoms with Gasteiger partial charge in [0.2, 0.25) is 5.88 Å². The molecule has 1 N–H and O–H groups in total. The zero-order chi connectivity index (χ0) is 14.5. The second kappa shape index (κ2) is 6.88. The minimum absolute atomic E-state index is 0.622. The van der Waals surface area contributed by atoms with E-state index in [-0.39, 0.29) is 0 Å². The number of hydrogen-bond donors (Lipinski definition) is 1. The van der Waals surface area contributed by atoms with Crippen LogP contribution < -0.4 is 10.1 Å². The van der Waals surface area contributed by atoms with Crippen LogP contribution in [0.4, 0.5) is 5.82 Å². The van der Waals surface area contributed by atoms with Crippen molar-refractivity contribution in [1.82, 2.24) is 9.97 Å². The van der Waals surface area contributed by atoms with E-state index >= 15 is 0 Å². The third-order valence-electron chi connectivity index (χ3n) is 2.90. The summed E-state index contributed by atoms with van der Waals surface area (Å²) in [6.45, 7) is 4.08. The fourth-order valence-corrected chi connectivity index (χ4v) is 2.35. The van der Waals surface area contributed by atoms with Crippen molar-refractivity contribution in [3.8, 4) is 11.6 Å². The van der Waals surface area contributed by atoms with Crippen molar-refractivity contribution in [3.05, 3.63) is 39.2 Å². The lowest BCUT2D eigenvalue weighted by atomic mass is 10.2. The Labute approximate surface area is 133 Å². The molecule has 0 unspecified atom stereocenters. The second-order valence-corrected chi connectivity index (χ2v) is 5.61. The Morgan fingerprint density at radius 3 is 2.65 bits per heavy atom. The van der Waals surface area contributed by atoms with Gasteiger partial charge in [-0.25, -0.2) is 4.98 Å². The van der Waals surface area contributed by atoms with Crippen LogP contribution in [0.1, 0.15) is 24.7 Å². The lowest BCUT2D eigenvalue weighted by Gasteiger charge is -2.13. The molecule has 106 valence electrons. The summed E-state index contributed by atoms with van der Waals surface area (Å²) in [4.78, 5) is 9.03. The summed E-state index contributed by atoms with van der Waals surface area (Å²) in [5, 5.41) is 3.10. The van der Waals surface area contributed by atoms with Gasteiger partial charge in [-0.15, -0.1) is 0 Å². The molecule has 0 fully saturated rings. The van der Waals surface area contributed by atoms with E-state index in [0.717, 1.165) is 39.4 Å². The summed E-state index contributed by atoms with van der Waals surface area (Å²) < 4.78 is 7.03. The van der Waals surface area contributed by atoms with Crippen LogP contribution in [0.25, 0.3) is 0 Å². The van der Waals surface area contributed by atoms with Crippen LogP contribution in [0.2, 0.25) is 0 Å². The molecule has 0 spiro atoms. The molecule has 5 heteroatoms. The molecule has 20 heavy (non-hydrogen) atoms. The van der Waals surface area contributed by atoms with Crippen LogP contribution >= 0.6 is 22.6 Å². The molecule has 0 aliphatic rings. The number of anilines is 1. The second-order valence-electron chi connectivity index (χ2n) is 4.45. The van der Waals surface area contributed by atoms with Gasteiger partial charge in [0.15, 0.2) is 0 Å². The maximum atomic E-state index is 5.97. The van der Waals surface area contributed by atoms with Crippen molar-refractivity contribution in [2.75, 3.05) is 12.4 Å². The van der Waals surface area contributed by atoms with Gasteiger partial charge >= 0.3 is 0 Å². The SMILES string of the molecule is CCCc1nc(NC)c(C)c(Oc2ccccc2I)n1. The van der Waals surface area contributed by atoms with Crippen LogP contribution in [0, 0.1) is 10.5 Å². The van der Waals surface area contributed by atoms with E-state index < -0.39 is 0 Å². The van der Waals surface area contributed by atoms with E-state index in [1.807, 2.05) is 38.2 Å². The molecule has 2 rings (SSSR count). The molecular weight excluding hydrogens is 365 g/mol. The lowest BCUT2D eigenvalue weighted by Crippen LogP contribution is -2.05. The summed E-state index contributed by atoms with van der Waals surface area (Å²) in [6.07, 6.45) is 1.85. The van der Waals surface area contributed by atoms with Gasteiger partial charge < -0.3 is 10.1 Å². The van der Waals surface area contributed by atoms with Crippen molar-refractivity contribution < 1.29 is 4.74 Å². The first-order valence-electron chi connectivity index (χ1n) is 6.63. The predicted molar refractivity (Wildman–Crippen MR) is 89.5 cm³/mol. The first-order valence-corrected chi connectivity index (χ1v) is 7.71. The monoisotopic (exact) mass is 383 g/mol. The minimum Gasteiger partial charge on any atom is -0.437 e. The third kappa shape index (κ3) is 3.39. The van der Waals surface area contributed by atoms with E-state index in [0.29, 0.717) is 5.88 Å². The van der Waals surface area contributed by atoms with Gasteiger partial charge in [-0.1, -0.05) is 19.1 Å². The fourth-order valence-electron chi connectivity index (χ4n) is 1.85. The molecule has 4 nitrogen and oxygen atoms in total. The molecule has 1 aromatic carbocycles. The van der Waals surface area contributed by atoms with Crippen LogP contribution in [-0.4, -0.2) is 17.0 Å². The largest absolute Gasteiger partial charge is 0.437 e. The molecule has 0 saturated heterocycles. The summed E-state index contributed by atoms with van der Waals surface area (Å²) in [7, 11) is 1.86. The Morgan fingerprint density at radius 1 is 1.25 bits per heavy atom. The highest BCUT2D eigenvalue weighted by molar-refractivity contribution is 14.1. The van der Waals surface area contributed by atoms with Crippen LogP contribution in [0.5, 0.6) is 11.6 Å². The standard InChI is InChI=1S/C15H18IN3O/c1-4-7-13-18-14(17-3)10(2)15(19-13)20-12-9-6-5-8-11(12)16/h5-6,8-9H,4,7H2,1-3H3,(H,17,18,19). The zero-order valence-corrected chi connectivity index (χ0v) is 14.1. The molecule has 1 aromatic heterocycles. The lowest BCUT2D eigenvalue weighted by molar-refractivity contribution is 0.451. The highest BCUT2D eigenvalue weighted by atomic mass is 127. The minimum atomic E-state index is 0.622. The van der Waals surface area contributed by atoms with Crippen molar-refractivity contribution in [2.45, 2.75) is 26.7 Å². The number of rotatable bonds is 5. The van der Waals surface area contributed by atoms with E-state index in [1.54, 1.807) is 0 Å². The average molecular weight is 383 g/mol. The number of nitrogens with zero attached hydrogens (tertiary/aromatic N) is 2. The normalized spacial score (nSPS) is 10.4. The maximum absolute atomic E-state index is 5.97. The number of nitrogens with one attached hydrogen (secondary N) is 1. The predicted octanol–water partition coefficient (Wildman–Crippen LogP) is 4.18. The molecule has 0 saturated carbocycles. The Hall–Kier alpha value is -1.37. The van der Waals surface area contributed by atoms with Crippen molar-refractivity contribution in [2.24, 2.45) is 0 Å². The number of aryl methyl sites for hydroxylation is 1. The van der Waals surface area contributed by atoms with E-state index in [4.69, 9.17) is 4.74 Å². The Morgan fingerprint density at radius 2 is 2.00 bits per heavy atom. The summed E-state index contributed by atoms with van der Waals surface area (Å²) in [5.74, 6) is 3.07. The molecule has 0 amide bonds. The summed E-state index contributed by atoms with van der Waals surface area (Å²) in [5.41, 5.74) is 0.923. The smallest absolute Gasteiger partial charge is 0.227 e. The highest BCUT2D eigenvalue weighted by Crippen LogP contribution is 2.29. The third-order valence-corrected chi connectivity index (χ3v) is 3.79. The van der Waals surface area contributed by atoms with Gasteiger partial charge in [-0.05, 0) is 48.1 Å². The maximum Gasteiger partial charge on any atom is 0.227 e. The molecule has 0 bridgehead atoms. The van der Waals surface area contributed by atoms with E-state index in [1.165, 1.54) is 0 Å². The van der Waals surface area contributed by atoms with Crippen LogP contribution in [0.3, 0.4) is 0 Å². The first kappa shape index (κ1) is 15.0. The molecule has 1 heterocycles. The Kier molecular flexibility index (Phi) is 5.17. The van der Waals surface area contributed by atoms with Gasteiger partial charge in [0, 0.05) is 13.5 Å². The summed E-state index contributed by atoms with van der Waals surface area (Å²) in [6, 6.07) is 7.91. The number of halogens is 1. The first-order chi connectivity index (χ1) is 9.65. The van der Waals surface area contributed by atoms with Crippen LogP contribution in [0.15, 0.2) is 24.3 Å². The quantitative estimate of drug-likeness (QED) is 0.788. The topological polar surface area (TPSA) is 47.0 Å². The van der Waals surface area contributed by atoms with Gasteiger partial charge in [0.1, 0.15) is 17.4 Å². The van der Waals surface area contributed by atoms with Gasteiger partial charge in [0.05, 0.1) is 9.13 Å². The molecule has 0 aliphatic heterocycles. The molecule has 0 atom stereocenters. The van der Waals surface area contributed by atoms with E-state index in [2.05, 4.69) is 44.8 Å². The van der Waals surface area contributed by atoms with Crippen molar-refractivity contribution in [1.29, 1.82) is 0 Å². The van der Waals surface area contributed by atoms with Crippen LogP contribution in [-0.2, 0) is 6.42 Å². The molecule has 0 aliphatic carbocycles. The highest BCUT2D eigenvalue weighted by Gasteiger charge is 2.12. The zero-order valence-electron chi connectivity index (χ0n) is 11.9. The number of ether oxygens (including phenoxy) is 1. The number of benzene rings is 1. The number of para-hydroxylation sites is 1. The summed E-state index contributed by atoms with van der Waals surface area (Å²) >= 11 is 2.26. The Bertz CT molecular complexity index is 602.